The maximum absolute atomic E-state index is 13.0. The highest BCUT2D eigenvalue weighted by Gasteiger charge is 2.72. The molecule has 2 aliphatic rings. The van der Waals surface area contributed by atoms with Gasteiger partial charge in [-0.15, -0.1) is 0 Å². The summed E-state index contributed by atoms with van der Waals surface area (Å²) in [5.74, 6) is 0.110. The molecule has 0 saturated heterocycles. The Labute approximate surface area is 140 Å². The molecule has 22 heavy (non-hydrogen) atoms. The number of hydrogen-bond acceptors (Lipinski definition) is 2. The van der Waals surface area contributed by atoms with Crippen molar-refractivity contribution in [2.24, 2.45) is 16.2 Å². The molecule has 1 aromatic carbocycles. The summed E-state index contributed by atoms with van der Waals surface area (Å²) in [5, 5.41) is 3.77. The highest BCUT2D eigenvalue weighted by Crippen LogP contribution is 2.70. The number of rotatable bonds is 2. The largest absolute Gasteiger partial charge is 0.326 e. The first-order valence-corrected chi connectivity index (χ1v) is 8.19. The highest BCUT2D eigenvalue weighted by atomic mass is 35.5. The molecule has 1 aromatic rings. The first-order chi connectivity index (χ1) is 10.1. The molecule has 2 atom stereocenters. The van der Waals surface area contributed by atoms with E-state index in [0.29, 0.717) is 22.2 Å². The van der Waals surface area contributed by atoms with Crippen LogP contribution in [0, 0.1) is 16.2 Å². The van der Waals surface area contributed by atoms with Crippen LogP contribution in [0.25, 0.3) is 0 Å². The fraction of sp³-hybridized carbons (Fsp3) is 0.529. The Morgan fingerprint density at radius 1 is 1.14 bits per heavy atom. The summed E-state index contributed by atoms with van der Waals surface area (Å²) in [6.45, 7) is 6.08. The lowest BCUT2D eigenvalue weighted by Crippen LogP contribution is -2.43. The van der Waals surface area contributed by atoms with Crippen molar-refractivity contribution in [3.8, 4) is 0 Å². The summed E-state index contributed by atoms with van der Waals surface area (Å²) < 4.78 is 0. The Hall–Kier alpha value is -1.06. The van der Waals surface area contributed by atoms with Crippen molar-refractivity contribution in [3.05, 3.63) is 28.2 Å². The molecule has 0 radical (unpaired) electrons. The maximum Gasteiger partial charge on any atom is 0.231 e. The molecular formula is C17H19Cl2NO2. The van der Waals surface area contributed by atoms with Gasteiger partial charge in [0.2, 0.25) is 5.91 Å². The minimum atomic E-state index is -0.634. The van der Waals surface area contributed by atoms with Crippen LogP contribution in [-0.2, 0) is 9.59 Å². The molecule has 1 N–H and O–H groups in total. The second-order valence-electron chi connectivity index (χ2n) is 7.22. The first kappa shape index (κ1) is 15.8. The number of amides is 1. The number of nitrogens with one attached hydrogen (secondary N) is 1. The van der Waals surface area contributed by atoms with Crippen LogP contribution in [0.1, 0.15) is 40.0 Å². The zero-order chi connectivity index (χ0) is 16.3. The average molecular weight is 340 g/mol. The van der Waals surface area contributed by atoms with Gasteiger partial charge in [0.1, 0.15) is 5.78 Å². The van der Waals surface area contributed by atoms with E-state index in [1.807, 2.05) is 20.8 Å². The van der Waals surface area contributed by atoms with Gasteiger partial charge in [-0.25, -0.2) is 0 Å². The van der Waals surface area contributed by atoms with E-state index >= 15 is 0 Å². The van der Waals surface area contributed by atoms with Crippen LogP contribution in [0.15, 0.2) is 18.2 Å². The van der Waals surface area contributed by atoms with E-state index in [2.05, 4.69) is 5.32 Å². The summed E-state index contributed by atoms with van der Waals surface area (Å²) in [5.41, 5.74) is -0.776. The quantitative estimate of drug-likeness (QED) is 0.847. The number of benzene rings is 1. The SMILES string of the molecule is CC12CCC(C(=O)Nc3ccc(Cl)c(Cl)c3)(CC1=O)C2(C)C. The number of carbonyl (C=O) groups is 2. The number of anilines is 1. The highest BCUT2D eigenvalue weighted by molar-refractivity contribution is 6.42. The molecule has 2 bridgehead atoms. The van der Waals surface area contributed by atoms with Gasteiger partial charge >= 0.3 is 0 Å². The molecule has 0 heterocycles. The Bertz CT molecular complexity index is 685. The van der Waals surface area contributed by atoms with Crippen molar-refractivity contribution in [2.75, 3.05) is 5.32 Å². The Morgan fingerprint density at radius 3 is 2.32 bits per heavy atom. The van der Waals surface area contributed by atoms with Crippen molar-refractivity contribution in [1.29, 1.82) is 0 Å². The van der Waals surface area contributed by atoms with E-state index in [0.717, 1.165) is 12.8 Å². The minimum Gasteiger partial charge on any atom is -0.326 e. The van der Waals surface area contributed by atoms with Crippen LogP contribution < -0.4 is 5.32 Å². The standard InChI is InChI=1S/C17H19Cl2NO2/c1-15(2)16(3)6-7-17(15,9-13(16)21)14(22)20-10-4-5-11(18)12(19)8-10/h4-5,8H,6-7,9H2,1-3H3,(H,20,22). The van der Waals surface area contributed by atoms with Crippen molar-refractivity contribution < 1.29 is 9.59 Å². The van der Waals surface area contributed by atoms with E-state index in [1.54, 1.807) is 18.2 Å². The zero-order valence-corrected chi connectivity index (χ0v) is 14.4. The van der Waals surface area contributed by atoms with Gasteiger partial charge in [0, 0.05) is 17.5 Å². The number of ketones is 1. The normalized spacial score (nSPS) is 32.3. The van der Waals surface area contributed by atoms with Crippen molar-refractivity contribution in [1.82, 2.24) is 0 Å². The summed E-state index contributed by atoms with van der Waals surface area (Å²) >= 11 is 11.9. The Morgan fingerprint density at radius 2 is 1.82 bits per heavy atom. The van der Waals surface area contributed by atoms with E-state index in [9.17, 15) is 9.59 Å². The van der Waals surface area contributed by atoms with E-state index < -0.39 is 10.8 Å². The summed E-state index contributed by atoms with van der Waals surface area (Å²) in [7, 11) is 0. The van der Waals surface area contributed by atoms with Gasteiger partial charge in [-0.1, -0.05) is 44.0 Å². The molecule has 3 nitrogen and oxygen atoms in total. The van der Waals surface area contributed by atoms with Crippen LogP contribution in [0.3, 0.4) is 0 Å². The molecule has 0 spiro atoms. The molecule has 2 saturated carbocycles. The molecule has 2 aliphatic carbocycles. The van der Waals surface area contributed by atoms with Crippen LogP contribution in [-0.4, -0.2) is 11.7 Å². The lowest BCUT2D eigenvalue weighted by Gasteiger charge is -2.38. The number of hydrogen-bond donors (Lipinski definition) is 1. The van der Waals surface area contributed by atoms with Gasteiger partial charge in [-0.2, -0.15) is 0 Å². The van der Waals surface area contributed by atoms with Crippen molar-refractivity contribution >= 4 is 40.6 Å². The third-order valence-electron chi connectivity index (χ3n) is 6.32. The summed E-state index contributed by atoms with van der Waals surface area (Å²) in [6, 6.07) is 5.01. The lowest BCUT2D eigenvalue weighted by molar-refractivity contribution is -0.131. The topological polar surface area (TPSA) is 46.2 Å². The van der Waals surface area contributed by atoms with Gasteiger partial charge in [0.15, 0.2) is 0 Å². The molecule has 118 valence electrons. The molecule has 0 aliphatic heterocycles. The summed E-state index contributed by atoms with van der Waals surface area (Å²) in [4.78, 5) is 25.4. The number of halogens is 2. The third-order valence-corrected chi connectivity index (χ3v) is 7.06. The first-order valence-electron chi connectivity index (χ1n) is 7.44. The van der Waals surface area contributed by atoms with Gasteiger partial charge in [0.25, 0.3) is 0 Å². The Kier molecular flexibility index (Phi) is 3.39. The zero-order valence-electron chi connectivity index (χ0n) is 12.9. The fourth-order valence-electron chi connectivity index (χ4n) is 4.19. The van der Waals surface area contributed by atoms with Crippen molar-refractivity contribution in [2.45, 2.75) is 40.0 Å². The van der Waals surface area contributed by atoms with Gasteiger partial charge in [-0.3, -0.25) is 9.59 Å². The maximum atomic E-state index is 13.0. The third kappa shape index (κ3) is 1.82. The second kappa shape index (κ2) is 4.72. The predicted molar refractivity (Wildman–Crippen MR) is 88.3 cm³/mol. The smallest absolute Gasteiger partial charge is 0.231 e. The number of Topliss-reactive ketones (excluding diaryl/α,β-unsaturated/α-hetero) is 1. The lowest BCUT2D eigenvalue weighted by atomic mass is 9.64. The molecule has 2 unspecified atom stereocenters. The van der Waals surface area contributed by atoms with E-state index in [1.165, 1.54) is 0 Å². The van der Waals surface area contributed by atoms with E-state index in [-0.39, 0.29) is 17.1 Å². The van der Waals surface area contributed by atoms with Gasteiger partial charge in [-0.05, 0) is 36.5 Å². The van der Waals surface area contributed by atoms with E-state index in [4.69, 9.17) is 23.2 Å². The molecule has 5 heteroatoms. The number of carbonyl (C=O) groups excluding carboxylic acids is 2. The molecule has 2 fully saturated rings. The minimum absolute atomic E-state index is 0.0922. The molecule has 1 amide bonds. The fourth-order valence-corrected chi connectivity index (χ4v) is 4.48. The van der Waals surface area contributed by atoms with Crippen molar-refractivity contribution in [3.63, 3.8) is 0 Å². The molecular weight excluding hydrogens is 321 g/mol. The second-order valence-corrected chi connectivity index (χ2v) is 8.04. The van der Waals surface area contributed by atoms with Crippen LogP contribution in [0.2, 0.25) is 10.0 Å². The molecule has 3 rings (SSSR count). The summed E-state index contributed by atoms with van der Waals surface area (Å²) in [6.07, 6.45) is 1.84. The molecule has 0 aromatic heterocycles. The van der Waals surface area contributed by atoms with Crippen LogP contribution in [0.4, 0.5) is 5.69 Å². The average Bonchev–Trinajstić information content (AvgIpc) is 2.73. The Balaban J connectivity index is 1.92. The van der Waals surface area contributed by atoms with Gasteiger partial charge < -0.3 is 5.32 Å². The van der Waals surface area contributed by atoms with Gasteiger partial charge in [0.05, 0.1) is 15.5 Å². The van der Waals surface area contributed by atoms with Crippen LogP contribution in [0.5, 0.6) is 0 Å². The predicted octanol–water partition coefficient (Wildman–Crippen LogP) is 4.72. The van der Waals surface area contributed by atoms with Crippen LogP contribution >= 0.6 is 23.2 Å². The number of fused-ring (bicyclic) bond motifs is 2. The monoisotopic (exact) mass is 339 g/mol.